The second kappa shape index (κ2) is 8.53. The molecule has 1 atom stereocenters. The number of ether oxygens (including phenoxy) is 1. The van der Waals surface area contributed by atoms with Crippen molar-refractivity contribution in [1.29, 1.82) is 0 Å². The average molecular weight is 439 g/mol. The van der Waals surface area contributed by atoms with E-state index in [4.69, 9.17) is 4.74 Å². The van der Waals surface area contributed by atoms with E-state index in [1.807, 2.05) is 45.0 Å². The Hall–Kier alpha value is -3.55. The van der Waals surface area contributed by atoms with E-state index in [1.165, 1.54) is 6.07 Å². The van der Waals surface area contributed by atoms with E-state index in [-0.39, 0.29) is 18.0 Å². The van der Waals surface area contributed by atoms with Crippen molar-refractivity contribution in [1.82, 2.24) is 4.90 Å². The van der Waals surface area contributed by atoms with Crippen LogP contribution in [0.25, 0.3) is 5.57 Å². The van der Waals surface area contributed by atoms with Crippen molar-refractivity contribution in [2.24, 2.45) is 0 Å². The summed E-state index contributed by atoms with van der Waals surface area (Å²) in [6, 6.07) is 12.1. The van der Waals surface area contributed by atoms with Gasteiger partial charge in [0.1, 0.15) is 11.4 Å². The fraction of sp³-hybridized carbons (Fsp3) is 0.333. The zero-order valence-corrected chi connectivity index (χ0v) is 18.4. The lowest BCUT2D eigenvalue weighted by atomic mass is 10.1. The van der Waals surface area contributed by atoms with Gasteiger partial charge >= 0.3 is 6.09 Å². The first-order valence-electron chi connectivity index (χ1n) is 10.6. The lowest BCUT2D eigenvalue weighted by Gasteiger charge is -2.24. The van der Waals surface area contributed by atoms with Crippen LogP contribution in [0, 0.1) is 5.82 Å². The zero-order chi connectivity index (χ0) is 22.9. The quantitative estimate of drug-likeness (QED) is 0.605. The van der Waals surface area contributed by atoms with Crippen LogP contribution in [0.3, 0.4) is 0 Å². The second-order valence-corrected chi connectivity index (χ2v) is 8.95. The van der Waals surface area contributed by atoms with Gasteiger partial charge in [0, 0.05) is 42.3 Å². The number of halogens is 1. The third-order valence-corrected chi connectivity index (χ3v) is 5.26. The number of nitrogens with one attached hydrogen (secondary N) is 3. The number of hydrogen-bond donors (Lipinski definition) is 3. The van der Waals surface area contributed by atoms with E-state index < -0.39 is 11.4 Å². The summed E-state index contributed by atoms with van der Waals surface area (Å²) < 4.78 is 20.1. The Labute approximate surface area is 186 Å². The van der Waals surface area contributed by atoms with Gasteiger partial charge in [-0.2, -0.15) is 0 Å². The van der Waals surface area contributed by atoms with Crippen molar-refractivity contribution in [3.8, 4) is 0 Å². The Morgan fingerprint density at radius 1 is 1.25 bits per heavy atom. The van der Waals surface area contributed by atoms with Crippen LogP contribution in [0.5, 0.6) is 0 Å². The Balaban J connectivity index is 1.37. The van der Waals surface area contributed by atoms with E-state index >= 15 is 0 Å². The third-order valence-electron chi connectivity index (χ3n) is 5.26. The number of carbonyl (C=O) groups excluding carboxylic acids is 2. The smallest absolute Gasteiger partial charge is 0.410 e. The minimum absolute atomic E-state index is 0.0587. The predicted molar refractivity (Wildman–Crippen MR) is 123 cm³/mol. The van der Waals surface area contributed by atoms with Gasteiger partial charge in [0.25, 0.3) is 5.91 Å². The summed E-state index contributed by atoms with van der Waals surface area (Å²) in [4.78, 5) is 26.0. The molecule has 0 saturated carbocycles. The molecule has 7 nitrogen and oxygen atoms in total. The highest BCUT2D eigenvalue weighted by Crippen LogP contribution is 2.31. The van der Waals surface area contributed by atoms with Gasteiger partial charge < -0.3 is 25.6 Å². The van der Waals surface area contributed by atoms with Crippen molar-refractivity contribution in [2.45, 2.75) is 38.8 Å². The van der Waals surface area contributed by atoms with E-state index in [9.17, 15) is 14.0 Å². The molecule has 1 unspecified atom stereocenters. The lowest BCUT2D eigenvalue weighted by molar-refractivity contribution is -0.110. The number of rotatable bonds is 4. The van der Waals surface area contributed by atoms with Gasteiger partial charge in [0.05, 0.1) is 11.3 Å². The summed E-state index contributed by atoms with van der Waals surface area (Å²) in [5.74, 6) is -0.617. The average Bonchev–Trinajstić information content (AvgIpc) is 3.31. The van der Waals surface area contributed by atoms with Crippen LogP contribution in [-0.2, 0) is 9.53 Å². The van der Waals surface area contributed by atoms with Crippen LogP contribution < -0.4 is 16.0 Å². The predicted octanol–water partition coefficient (Wildman–Crippen LogP) is 4.65. The summed E-state index contributed by atoms with van der Waals surface area (Å²) in [7, 11) is 0. The van der Waals surface area contributed by atoms with E-state index in [1.54, 1.807) is 23.2 Å². The highest BCUT2D eigenvalue weighted by atomic mass is 19.1. The van der Waals surface area contributed by atoms with Crippen molar-refractivity contribution in [3.05, 3.63) is 60.0 Å². The van der Waals surface area contributed by atoms with Crippen molar-refractivity contribution in [2.75, 3.05) is 29.0 Å². The molecule has 2 aliphatic heterocycles. The fourth-order valence-electron chi connectivity index (χ4n) is 3.75. The molecule has 4 rings (SSSR count). The van der Waals surface area contributed by atoms with Gasteiger partial charge in [-0.05, 0) is 51.5 Å². The number of anilines is 3. The summed E-state index contributed by atoms with van der Waals surface area (Å²) in [6.45, 7) is 6.50. The molecular weight excluding hydrogens is 411 g/mol. The molecule has 168 valence electrons. The molecule has 2 aromatic carbocycles. The van der Waals surface area contributed by atoms with Crippen LogP contribution in [0.1, 0.15) is 32.8 Å². The van der Waals surface area contributed by atoms with Gasteiger partial charge in [-0.1, -0.05) is 18.2 Å². The SMILES string of the molecule is CC(C)(C)OC(=O)N1CCC(Nc2ccc(N/C=C3\C(=O)Nc4ccccc43)cc2F)C1. The molecule has 0 bridgehead atoms. The molecule has 0 aromatic heterocycles. The largest absolute Gasteiger partial charge is 0.444 e. The number of para-hydroxylation sites is 1. The topological polar surface area (TPSA) is 82.7 Å². The van der Waals surface area contributed by atoms with Gasteiger partial charge in [0.15, 0.2) is 0 Å². The molecule has 2 aromatic rings. The summed E-state index contributed by atoms with van der Waals surface area (Å²) in [6.07, 6.45) is 1.94. The molecule has 1 saturated heterocycles. The molecule has 8 heteroatoms. The molecule has 2 heterocycles. The molecule has 2 amide bonds. The maximum absolute atomic E-state index is 14.7. The number of benzene rings is 2. The fourth-order valence-corrected chi connectivity index (χ4v) is 3.75. The molecule has 2 aliphatic rings. The first kappa shape index (κ1) is 21.7. The minimum atomic E-state index is -0.548. The Morgan fingerprint density at radius 2 is 2.03 bits per heavy atom. The standard InChI is InChI=1S/C24H27FN4O3/c1-24(2,3)32-23(31)29-11-10-16(14-29)27-21-9-8-15(12-19(21)25)26-13-18-17-6-4-5-7-20(17)28-22(18)30/h4-9,12-13,16,26-27H,10-11,14H2,1-3H3,(H,28,30)/b18-13-. The molecular formula is C24H27FN4O3. The first-order chi connectivity index (χ1) is 15.2. The van der Waals surface area contributed by atoms with Gasteiger partial charge in [-0.15, -0.1) is 0 Å². The Kier molecular flexibility index (Phi) is 5.78. The maximum atomic E-state index is 14.7. The van der Waals surface area contributed by atoms with Crippen molar-refractivity contribution >= 4 is 34.6 Å². The first-order valence-corrected chi connectivity index (χ1v) is 10.6. The zero-order valence-electron chi connectivity index (χ0n) is 18.4. The van der Waals surface area contributed by atoms with E-state index in [2.05, 4.69) is 16.0 Å². The monoisotopic (exact) mass is 438 g/mol. The number of fused-ring (bicyclic) bond motifs is 1. The van der Waals surface area contributed by atoms with Crippen LogP contribution in [0.15, 0.2) is 48.7 Å². The number of hydrogen-bond acceptors (Lipinski definition) is 5. The van der Waals surface area contributed by atoms with E-state index in [0.717, 1.165) is 11.3 Å². The van der Waals surface area contributed by atoms with E-state index in [0.29, 0.717) is 36.5 Å². The van der Waals surface area contributed by atoms with Crippen molar-refractivity contribution in [3.63, 3.8) is 0 Å². The Morgan fingerprint density at radius 3 is 2.78 bits per heavy atom. The third kappa shape index (κ3) is 4.85. The van der Waals surface area contributed by atoms with Crippen LogP contribution in [0.2, 0.25) is 0 Å². The Bertz CT molecular complexity index is 1080. The lowest BCUT2D eigenvalue weighted by Crippen LogP contribution is -2.36. The number of carbonyl (C=O) groups is 2. The van der Waals surface area contributed by atoms with Gasteiger partial charge in [-0.3, -0.25) is 4.79 Å². The maximum Gasteiger partial charge on any atom is 0.410 e. The summed E-state index contributed by atoms with van der Waals surface area (Å²) in [5, 5.41) is 8.97. The number of amides is 2. The van der Waals surface area contributed by atoms with Crippen LogP contribution in [0.4, 0.5) is 26.2 Å². The minimum Gasteiger partial charge on any atom is -0.444 e. The second-order valence-electron chi connectivity index (χ2n) is 8.95. The summed E-state index contributed by atoms with van der Waals surface area (Å²) >= 11 is 0. The highest BCUT2D eigenvalue weighted by molar-refractivity contribution is 6.31. The molecule has 3 N–H and O–H groups in total. The molecule has 0 aliphatic carbocycles. The van der Waals surface area contributed by atoms with Crippen LogP contribution >= 0.6 is 0 Å². The van der Waals surface area contributed by atoms with Gasteiger partial charge in [-0.25, -0.2) is 9.18 Å². The summed E-state index contributed by atoms with van der Waals surface area (Å²) in [5.41, 5.74) is 2.40. The van der Waals surface area contributed by atoms with Crippen molar-refractivity contribution < 1.29 is 18.7 Å². The highest BCUT2D eigenvalue weighted by Gasteiger charge is 2.30. The molecule has 1 fully saturated rings. The number of likely N-dealkylation sites (tertiary alicyclic amines) is 1. The number of nitrogens with zero attached hydrogens (tertiary/aromatic N) is 1. The van der Waals surface area contributed by atoms with Gasteiger partial charge in [0.2, 0.25) is 0 Å². The van der Waals surface area contributed by atoms with Crippen LogP contribution in [-0.4, -0.2) is 41.6 Å². The normalized spacial score (nSPS) is 19.0. The molecule has 0 radical (unpaired) electrons. The molecule has 32 heavy (non-hydrogen) atoms. The molecule has 0 spiro atoms.